The first-order valence-corrected chi connectivity index (χ1v) is 6.90. The quantitative estimate of drug-likeness (QED) is 0.632. The molecule has 23 heavy (non-hydrogen) atoms. The van der Waals surface area contributed by atoms with E-state index in [1.54, 1.807) is 36.4 Å². The van der Waals surface area contributed by atoms with Gasteiger partial charge in [-0.25, -0.2) is 10.2 Å². The number of amides is 1. The lowest BCUT2D eigenvalue weighted by molar-refractivity contribution is -0.139. The molecule has 0 aliphatic rings. The predicted molar refractivity (Wildman–Crippen MR) is 85.8 cm³/mol. The van der Waals surface area contributed by atoms with Crippen molar-refractivity contribution in [2.24, 2.45) is 5.10 Å². The molecular weight excluding hydrogens is 296 g/mol. The fraction of sp³-hybridized carbons (Fsp3) is 0.118. The van der Waals surface area contributed by atoms with Crippen LogP contribution < -0.4 is 10.2 Å². The second kappa shape index (κ2) is 7.74. The standard InChI is InChI=1S/C17H16N2O4/c1-12-6-8-13(9-7-12)17(22)19-18-10-14-4-2-3-5-15(14)23-11-16(20)21/h2-10H,11H2,1H3,(H,19,22)(H,20,21). The molecule has 6 heteroatoms. The maximum atomic E-state index is 11.9. The highest BCUT2D eigenvalue weighted by Gasteiger charge is 2.05. The summed E-state index contributed by atoms with van der Waals surface area (Å²) in [7, 11) is 0. The van der Waals surface area contributed by atoms with E-state index < -0.39 is 12.6 Å². The highest BCUT2D eigenvalue weighted by Crippen LogP contribution is 2.15. The Morgan fingerprint density at radius 1 is 1.17 bits per heavy atom. The van der Waals surface area contributed by atoms with Gasteiger partial charge in [-0.2, -0.15) is 5.10 Å². The average molecular weight is 312 g/mol. The smallest absolute Gasteiger partial charge is 0.341 e. The zero-order valence-electron chi connectivity index (χ0n) is 12.5. The molecule has 0 heterocycles. The summed E-state index contributed by atoms with van der Waals surface area (Å²) in [6.45, 7) is 1.49. The van der Waals surface area contributed by atoms with Crippen LogP contribution in [-0.2, 0) is 4.79 Å². The number of aryl methyl sites for hydroxylation is 1. The van der Waals surface area contributed by atoms with Crippen LogP contribution in [0.15, 0.2) is 53.6 Å². The number of carboxylic acids is 1. The van der Waals surface area contributed by atoms with E-state index in [4.69, 9.17) is 9.84 Å². The first-order chi connectivity index (χ1) is 11.1. The minimum absolute atomic E-state index is 0.329. The van der Waals surface area contributed by atoms with Gasteiger partial charge in [0.1, 0.15) is 5.75 Å². The Morgan fingerprint density at radius 3 is 2.57 bits per heavy atom. The van der Waals surface area contributed by atoms with Crippen molar-refractivity contribution < 1.29 is 19.4 Å². The summed E-state index contributed by atoms with van der Waals surface area (Å²) in [5.41, 5.74) is 4.55. The number of carboxylic acid groups (broad SMARTS) is 1. The maximum absolute atomic E-state index is 11.9. The highest BCUT2D eigenvalue weighted by molar-refractivity contribution is 5.95. The number of carbonyl (C=O) groups excluding carboxylic acids is 1. The van der Waals surface area contributed by atoms with Crippen molar-refractivity contribution in [2.45, 2.75) is 6.92 Å². The van der Waals surface area contributed by atoms with E-state index in [1.165, 1.54) is 6.21 Å². The zero-order valence-corrected chi connectivity index (χ0v) is 12.5. The van der Waals surface area contributed by atoms with Crippen LogP contribution in [0.2, 0.25) is 0 Å². The Hall–Kier alpha value is -3.15. The molecule has 0 aromatic heterocycles. The molecule has 1 amide bonds. The van der Waals surface area contributed by atoms with E-state index in [0.29, 0.717) is 16.9 Å². The second-order valence-electron chi connectivity index (χ2n) is 4.79. The number of hydrogen-bond acceptors (Lipinski definition) is 4. The van der Waals surface area contributed by atoms with Crippen LogP contribution in [0, 0.1) is 6.92 Å². The molecule has 0 atom stereocenters. The summed E-state index contributed by atoms with van der Waals surface area (Å²) >= 11 is 0. The summed E-state index contributed by atoms with van der Waals surface area (Å²) in [4.78, 5) is 22.5. The van der Waals surface area contributed by atoms with Crippen molar-refractivity contribution in [3.05, 3.63) is 65.2 Å². The summed E-state index contributed by atoms with van der Waals surface area (Å²) in [5, 5.41) is 12.5. The molecule has 0 aliphatic carbocycles. The number of aliphatic carboxylic acids is 1. The lowest BCUT2D eigenvalue weighted by atomic mass is 10.1. The molecule has 0 saturated heterocycles. The van der Waals surface area contributed by atoms with Crippen LogP contribution in [0.1, 0.15) is 21.5 Å². The van der Waals surface area contributed by atoms with Crippen molar-refractivity contribution in [1.82, 2.24) is 5.43 Å². The largest absolute Gasteiger partial charge is 0.481 e. The van der Waals surface area contributed by atoms with Gasteiger partial charge in [0.05, 0.1) is 6.21 Å². The summed E-state index contributed by atoms with van der Waals surface area (Å²) in [6, 6.07) is 13.9. The molecule has 0 fully saturated rings. The molecule has 2 rings (SSSR count). The molecule has 6 nitrogen and oxygen atoms in total. The van der Waals surface area contributed by atoms with E-state index in [9.17, 15) is 9.59 Å². The van der Waals surface area contributed by atoms with Crippen LogP contribution in [-0.4, -0.2) is 29.8 Å². The summed E-state index contributed by atoms with van der Waals surface area (Å²) < 4.78 is 5.15. The van der Waals surface area contributed by atoms with E-state index in [0.717, 1.165) is 5.56 Å². The van der Waals surface area contributed by atoms with Crippen LogP contribution in [0.25, 0.3) is 0 Å². The first kappa shape index (κ1) is 16.2. The summed E-state index contributed by atoms with van der Waals surface area (Å²) in [6.07, 6.45) is 1.41. The van der Waals surface area contributed by atoms with E-state index >= 15 is 0 Å². The van der Waals surface area contributed by atoms with Gasteiger partial charge in [-0.3, -0.25) is 4.79 Å². The number of hydrazone groups is 1. The first-order valence-electron chi connectivity index (χ1n) is 6.90. The van der Waals surface area contributed by atoms with Gasteiger partial charge in [-0.1, -0.05) is 29.8 Å². The zero-order chi connectivity index (χ0) is 16.7. The van der Waals surface area contributed by atoms with E-state index in [-0.39, 0.29) is 5.91 Å². The van der Waals surface area contributed by atoms with Crippen molar-refractivity contribution in [3.8, 4) is 5.75 Å². The Labute approximate surface area is 133 Å². The van der Waals surface area contributed by atoms with Crippen LogP contribution >= 0.6 is 0 Å². The Balaban J connectivity index is 2.01. The SMILES string of the molecule is Cc1ccc(C(=O)NN=Cc2ccccc2OCC(=O)O)cc1. The fourth-order valence-electron chi connectivity index (χ4n) is 1.79. The third-order valence-electron chi connectivity index (χ3n) is 2.95. The molecule has 2 aromatic carbocycles. The Kier molecular flexibility index (Phi) is 5.46. The Morgan fingerprint density at radius 2 is 1.87 bits per heavy atom. The summed E-state index contributed by atoms with van der Waals surface area (Å²) in [5.74, 6) is -1.02. The average Bonchev–Trinajstić information content (AvgIpc) is 2.54. The van der Waals surface area contributed by atoms with Gasteiger partial charge in [0, 0.05) is 11.1 Å². The minimum atomic E-state index is -1.07. The van der Waals surface area contributed by atoms with Crippen LogP contribution in [0.3, 0.4) is 0 Å². The molecule has 0 bridgehead atoms. The lowest BCUT2D eigenvalue weighted by Gasteiger charge is -2.06. The topological polar surface area (TPSA) is 88.0 Å². The van der Waals surface area contributed by atoms with Gasteiger partial charge in [-0.05, 0) is 31.2 Å². The molecule has 2 aromatic rings. The number of ether oxygens (including phenoxy) is 1. The lowest BCUT2D eigenvalue weighted by Crippen LogP contribution is -2.17. The number of hydrogen-bond donors (Lipinski definition) is 2. The molecule has 118 valence electrons. The van der Waals surface area contributed by atoms with Gasteiger partial charge >= 0.3 is 5.97 Å². The molecule has 2 N–H and O–H groups in total. The van der Waals surface area contributed by atoms with Crippen molar-refractivity contribution in [3.63, 3.8) is 0 Å². The molecular formula is C17H16N2O4. The van der Waals surface area contributed by atoms with E-state index in [2.05, 4.69) is 10.5 Å². The number of nitrogens with one attached hydrogen (secondary N) is 1. The van der Waals surface area contributed by atoms with Gasteiger partial charge in [0.15, 0.2) is 6.61 Å². The van der Waals surface area contributed by atoms with Crippen LogP contribution in [0.4, 0.5) is 0 Å². The second-order valence-corrected chi connectivity index (χ2v) is 4.79. The molecule has 0 spiro atoms. The monoisotopic (exact) mass is 312 g/mol. The number of carbonyl (C=O) groups is 2. The maximum Gasteiger partial charge on any atom is 0.341 e. The fourth-order valence-corrected chi connectivity index (χ4v) is 1.79. The Bertz CT molecular complexity index is 724. The third kappa shape index (κ3) is 4.96. The molecule has 0 radical (unpaired) electrons. The van der Waals surface area contributed by atoms with Crippen LogP contribution in [0.5, 0.6) is 5.75 Å². The van der Waals surface area contributed by atoms with E-state index in [1.807, 2.05) is 19.1 Å². The number of nitrogens with zero attached hydrogens (tertiary/aromatic N) is 1. The molecule has 0 unspecified atom stereocenters. The van der Waals surface area contributed by atoms with Gasteiger partial charge in [0.25, 0.3) is 5.91 Å². The van der Waals surface area contributed by atoms with Crippen molar-refractivity contribution >= 4 is 18.1 Å². The van der Waals surface area contributed by atoms with Crippen molar-refractivity contribution in [2.75, 3.05) is 6.61 Å². The minimum Gasteiger partial charge on any atom is -0.481 e. The third-order valence-corrected chi connectivity index (χ3v) is 2.95. The molecule has 0 saturated carbocycles. The predicted octanol–water partition coefficient (Wildman–Crippen LogP) is 2.22. The number of benzene rings is 2. The van der Waals surface area contributed by atoms with Crippen molar-refractivity contribution in [1.29, 1.82) is 0 Å². The van der Waals surface area contributed by atoms with Gasteiger partial charge < -0.3 is 9.84 Å². The van der Waals surface area contributed by atoms with Gasteiger partial charge in [-0.15, -0.1) is 0 Å². The highest BCUT2D eigenvalue weighted by atomic mass is 16.5. The van der Waals surface area contributed by atoms with Gasteiger partial charge in [0.2, 0.25) is 0 Å². The molecule has 0 aliphatic heterocycles. The number of para-hydroxylation sites is 1. The normalized spacial score (nSPS) is 10.5. The number of rotatable bonds is 6.